The molecule has 1 aromatic rings. The molecule has 1 aliphatic heterocycles. The van der Waals surface area contributed by atoms with E-state index in [-0.39, 0.29) is 12.2 Å². The highest BCUT2D eigenvalue weighted by atomic mass is 16.5. The van der Waals surface area contributed by atoms with Crippen LogP contribution in [0.2, 0.25) is 0 Å². The second kappa shape index (κ2) is 7.09. The highest BCUT2D eigenvalue weighted by Gasteiger charge is 2.31. The molecule has 0 bridgehead atoms. The molecule has 1 saturated heterocycles. The van der Waals surface area contributed by atoms with Gasteiger partial charge in [0.1, 0.15) is 0 Å². The highest BCUT2D eigenvalue weighted by Crippen LogP contribution is 2.29. The highest BCUT2D eigenvalue weighted by molar-refractivity contribution is 5.46. The number of aryl methyl sites for hydroxylation is 1. The summed E-state index contributed by atoms with van der Waals surface area (Å²) in [6.07, 6.45) is 4.95. The number of benzene rings is 1. The lowest BCUT2D eigenvalue weighted by molar-refractivity contribution is -0.0708. The molecule has 0 aliphatic carbocycles. The minimum atomic E-state index is 0.0183. The molecule has 2 unspecified atom stereocenters. The fourth-order valence-electron chi connectivity index (χ4n) is 2.83. The van der Waals surface area contributed by atoms with Gasteiger partial charge >= 0.3 is 0 Å². The van der Waals surface area contributed by atoms with Gasteiger partial charge in [0.25, 0.3) is 0 Å². The molecular formula is C17H27NO2. The van der Waals surface area contributed by atoms with Gasteiger partial charge in [-0.2, -0.15) is 0 Å². The fraction of sp³-hybridized carbons (Fsp3) is 0.647. The summed E-state index contributed by atoms with van der Waals surface area (Å²) in [5.41, 5.74) is 2.49. The Kier molecular flexibility index (Phi) is 5.44. The Morgan fingerprint density at radius 3 is 3.05 bits per heavy atom. The minimum absolute atomic E-state index is 0.0183. The normalized spacial score (nSPS) is 26.4. The Hall–Kier alpha value is -1.06. The SMILES string of the molecule is CCC1(C)CC(Nc2cccc(CCCO)c2)CCO1. The third-order valence-electron chi connectivity index (χ3n) is 4.26. The third kappa shape index (κ3) is 4.22. The van der Waals surface area contributed by atoms with E-state index in [4.69, 9.17) is 9.84 Å². The van der Waals surface area contributed by atoms with Crippen molar-refractivity contribution < 1.29 is 9.84 Å². The van der Waals surface area contributed by atoms with Crippen molar-refractivity contribution in [2.24, 2.45) is 0 Å². The number of aliphatic hydroxyl groups excluding tert-OH is 1. The maximum Gasteiger partial charge on any atom is 0.0671 e. The van der Waals surface area contributed by atoms with Gasteiger partial charge in [0.15, 0.2) is 0 Å². The maximum absolute atomic E-state index is 8.91. The summed E-state index contributed by atoms with van der Waals surface area (Å²) in [6, 6.07) is 9.03. The summed E-state index contributed by atoms with van der Waals surface area (Å²) >= 11 is 0. The summed E-state index contributed by atoms with van der Waals surface area (Å²) in [4.78, 5) is 0. The molecule has 112 valence electrons. The number of anilines is 1. The molecule has 2 atom stereocenters. The predicted octanol–water partition coefficient (Wildman–Crippen LogP) is 3.37. The third-order valence-corrected chi connectivity index (χ3v) is 4.26. The van der Waals surface area contributed by atoms with Crippen molar-refractivity contribution in [1.29, 1.82) is 0 Å². The molecule has 1 aliphatic rings. The summed E-state index contributed by atoms with van der Waals surface area (Å²) in [5.74, 6) is 0. The Morgan fingerprint density at radius 2 is 2.30 bits per heavy atom. The van der Waals surface area contributed by atoms with E-state index in [2.05, 4.69) is 43.4 Å². The van der Waals surface area contributed by atoms with Gasteiger partial charge in [0.2, 0.25) is 0 Å². The molecule has 2 N–H and O–H groups in total. The van der Waals surface area contributed by atoms with Crippen molar-refractivity contribution in [3.8, 4) is 0 Å². The first-order valence-corrected chi connectivity index (χ1v) is 7.75. The maximum atomic E-state index is 8.91. The molecule has 0 saturated carbocycles. The molecule has 3 nitrogen and oxygen atoms in total. The zero-order valence-electron chi connectivity index (χ0n) is 12.7. The van der Waals surface area contributed by atoms with E-state index in [1.165, 1.54) is 11.3 Å². The quantitative estimate of drug-likeness (QED) is 0.837. The van der Waals surface area contributed by atoms with Gasteiger partial charge < -0.3 is 15.2 Å². The largest absolute Gasteiger partial charge is 0.396 e. The summed E-state index contributed by atoms with van der Waals surface area (Å²) in [5, 5.41) is 12.6. The minimum Gasteiger partial charge on any atom is -0.396 e. The fourth-order valence-corrected chi connectivity index (χ4v) is 2.83. The topological polar surface area (TPSA) is 41.5 Å². The van der Waals surface area contributed by atoms with Crippen LogP contribution in [-0.2, 0) is 11.2 Å². The molecule has 1 heterocycles. The van der Waals surface area contributed by atoms with Gasteiger partial charge in [-0.15, -0.1) is 0 Å². The first-order valence-electron chi connectivity index (χ1n) is 7.75. The van der Waals surface area contributed by atoms with Crippen LogP contribution in [0.3, 0.4) is 0 Å². The Labute approximate surface area is 122 Å². The van der Waals surface area contributed by atoms with Crippen LogP contribution >= 0.6 is 0 Å². The number of nitrogens with one attached hydrogen (secondary N) is 1. The smallest absolute Gasteiger partial charge is 0.0671 e. The molecular weight excluding hydrogens is 250 g/mol. The second-order valence-corrected chi connectivity index (χ2v) is 6.01. The zero-order valence-corrected chi connectivity index (χ0v) is 12.7. The van der Waals surface area contributed by atoms with Crippen LogP contribution in [-0.4, -0.2) is 30.0 Å². The average molecular weight is 277 g/mol. The summed E-state index contributed by atoms with van der Waals surface area (Å²) in [7, 11) is 0. The molecule has 20 heavy (non-hydrogen) atoms. The van der Waals surface area contributed by atoms with E-state index >= 15 is 0 Å². The first-order chi connectivity index (χ1) is 9.65. The van der Waals surface area contributed by atoms with Gasteiger partial charge in [-0.05, 0) is 56.7 Å². The van der Waals surface area contributed by atoms with Crippen molar-refractivity contribution in [2.75, 3.05) is 18.5 Å². The Balaban J connectivity index is 1.95. The van der Waals surface area contributed by atoms with E-state index in [1.54, 1.807) is 0 Å². The number of ether oxygens (including phenoxy) is 1. The number of hydrogen-bond acceptors (Lipinski definition) is 3. The molecule has 2 rings (SSSR count). The lowest BCUT2D eigenvalue weighted by Crippen LogP contribution is -2.41. The lowest BCUT2D eigenvalue weighted by Gasteiger charge is -2.38. The van der Waals surface area contributed by atoms with Crippen molar-refractivity contribution in [2.45, 2.75) is 57.6 Å². The van der Waals surface area contributed by atoms with Gasteiger partial charge in [-0.3, -0.25) is 0 Å². The monoisotopic (exact) mass is 277 g/mol. The molecule has 0 spiro atoms. The predicted molar refractivity (Wildman–Crippen MR) is 83.1 cm³/mol. The van der Waals surface area contributed by atoms with E-state index in [0.717, 1.165) is 38.7 Å². The van der Waals surface area contributed by atoms with Crippen LogP contribution in [0.4, 0.5) is 5.69 Å². The first kappa shape index (κ1) is 15.3. The zero-order chi connectivity index (χ0) is 14.4. The van der Waals surface area contributed by atoms with Crippen LogP contribution in [0.25, 0.3) is 0 Å². The molecule has 1 fully saturated rings. The van der Waals surface area contributed by atoms with Gasteiger partial charge in [-0.1, -0.05) is 19.1 Å². The Bertz CT molecular complexity index is 421. The molecule has 0 aromatic heterocycles. The molecule has 0 amide bonds. The van der Waals surface area contributed by atoms with Crippen LogP contribution in [0.1, 0.15) is 45.1 Å². The standard InChI is InChI=1S/C17H27NO2/c1-3-17(2)13-16(9-11-20-17)18-15-8-4-6-14(12-15)7-5-10-19/h4,6,8,12,16,18-19H,3,5,7,9-11,13H2,1-2H3. The number of rotatable bonds is 6. The van der Waals surface area contributed by atoms with E-state index in [9.17, 15) is 0 Å². The van der Waals surface area contributed by atoms with Crippen molar-refractivity contribution in [3.05, 3.63) is 29.8 Å². The van der Waals surface area contributed by atoms with Crippen LogP contribution in [0.15, 0.2) is 24.3 Å². The van der Waals surface area contributed by atoms with Gasteiger partial charge in [0, 0.05) is 24.9 Å². The van der Waals surface area contributed by atoms with E-state index < -0.39 is 0 Å². The van der Waals surface area contributed by atoms with Crippen LogP contribution in [0, 0.1) is 0 Å². The second-order valence-electron chi connectivity index (χ2n) is 6.01. The number of aliphatic hydroxyl groups is 1. The average Bonchev–Trinajstić information content (AvgIpc) is 2.46. The molecule has 0 radical (unpaired) electrons. The van der Waals surface area contributed by atoms with Crippen LogP contribution < -0.4 is 5.32 Å². The summed E-state index contributed by atoms with van der Waals surface area (Å²) < 4.78 is 5.89. The van der Waals surface area contributed by atoms with Crippen molar-refractivity contribution >= 4 is 5.69 Å². The molecule has 1 aromatic carbocycles. The van der Waals surface area contributed by atoms with Gasteiger partial charge in [0.05, 0.1) is 5.60 Å². The Morgan fingerprint density at radius 1 is 1.45 bits per heavy atom. The van der Waals surface area contributed by atoms with E-state index in [1.807, 2.05) is 0 Å². The lowest BCUT2D eigenvalue weighted by atomic mass is 9.90. The van der Waals surface area contributed by atoms with Gasteiger partial charge in [-0.25, -0.2) is 0 Å². The summed E-state index contributed by atoms with van der Waals surface area (Å²) in [6.45, 7) is 5.50. The molecule has 3 heteroatoms. The van der Waals surface area contributed by atoms with E-state index in [0.29, 0.717) is 6.04 Å². The van der Waals surface area contributed by atoms with Crippen LogP contribution in [0.5, 0.6) is 0 Å². The van der Waals surface area contributed by atoms with Crippen molar-refractivity contribution in [3.63, 3.8) is 0 Å². The van der Waals surface area contributed by atoms with Crippen molar-refractivity contribution in [1.82, 2.24) is 0 Å². The number of hydrogen-bond donors (Lipinski definition) is 2.